The molecule has 0 spiro atoms. The predicted molar refractivity (Wildman–Crippen MR) is 57.4 cm³/mol. The molecule has 0 radical (unpaired) electrons. The van der Waals surface area contributed by atoms with Gasteiger partial charge in [0, 0.05) is 10.9 Å². The number of hydrogen-bond acceptors (Lipinski definition) is 3. The van der Waals surface area contributed by atoms with Crippen LogP contribution in [0.4, 0.5) is 0 Å². The molecule has 1 aromatic carbocycles. The highest BCUT2D eigenvalue weighted by molar-refractivity contribution is 6.30. The van der Waals surface area contributed by atoms with Crippen LogP contribution in [0.25, 0.3) is 0 Å². The van der Waals surface area contributed by atoms with E-state index in [1.165, 1.54) is 0 Å². The molecule has 0 bridgehead atoms. The third kappa shape index (κ3) is 1.30. The van der Waals surface area contributed by atoms with E-state index in [2.05, 4.69) is 0 Å². The number of nitriles is 2. The largest absolute Gasteiger partial charge is 0.303 e. The van der Waals surface area contributed by atoms with Gasteiger partial charge in [-0.1, -0.05) is 23.7 Å². The van der Waals surface area contributed by atoms with E-state index < -0.39 is 11.3 Å². The SMILES string of the molecule is N#CC1(C#N)C(C=O)C1c1ccc(Cl)cc1. The topological polar surface area (TPSA) is 64.7 Å². The number of hydrogen-bond donors (Lipinski definition) is 0. The third-order valence-electron chi connectivity index (χ3n) is 3.01. The summed E-state index contributed by atoms with van der Waals surface area (Å²) in [5.41, 5.74) is -0.375. The minimum absolute atomic E-state index is 0.322. The molecule has 1 saturated carbocycles. The summed E-state index contributed by atoms with van der Waals surface area (Å²) in [5, 5.41) is 18.6. The number of carbonyl (C=O) groups is 1. The monoisotopic (exact) mass is 230 g/mol. The average Bonchev–Trinajstić information content (AvgIpc) is 2.98. The molecule has 0 aromatic heterocycles. The molecule has 16 heavy (non-hydrogen) atoms. The van der Waals surface area contributed by atoms with Crippen LogP contribution in [0.15, 0.2) is 24.3 Å². The maximum atomic E-state index is 10.8. The lowest BCUT2D eigenvalue weighted by Gasteiger charge is -1.99. The van der Waals surface area contributed by atoms with Crippen LogP contribution >= 0.6 is 11.6 Å². The summed E-state index contributed by atoms with van der Waals surface area (Å²) < 4.78 is 0. The first-order chi connectivity index (χ1) is 7.69. The molecular formula is C12H7ClN2O. The normalized spacial score (nSPS) is 25.2. The lowest BCUT2D eigenvalue weighted by atomic mass is 10.0. The molecule has 2 rings (SSSR count). The molecule has 4 heteroatoms. The van der Waals surface area contributed by atoms with Crippen LogP contribution in [0.2, 0.25) is 5.02 Å². The van der Waals surface area contributed by atoms with Crippen molar-refractivity contribution in [3.8, 4) is 12.1 Å². The number of nitrogens with zero attached hydrogens (tertiary/aromatic N) is 2. The number of carbonyl (C=O) groups excluding carboxylic acids is 1. The summed E-state index contributed by atoms with van der Waals surface area (Å²) >= 11 is 5.75. The maximum absolute atomic E-state index is 10.8. The van der Waals surface area contributed by atoms with Crippen molar-refractivity contribution in [2.75, 3.05) is 0 Å². The molecule has 0 aliphatic heterocycles. The van der Waals surface area contributed by atoms with Crippen molar-refractivity contribution in [2.24, 2.45) is 11.3 Å². The molecule has 0 heterocycles. The van der Waals surface area contributed by atoms with Crippen molar-refractivity contribution in [1.29, 1.82) is 10.5 Å². The van der Waals surface area contributed by atoms with Crippen molar-refractivity contribution >= 4 is 17.9 Å². The van der Waals surface area contributed by atoms with Gasteiger partial charge >= 0.3 is 0 Å². The first-order valence-electron chi connectivity index (χ1n) is 4.73. The number of halogens is 1. The summed E-state index contributed by atoms with van der Waals surface area (Å²) in [6, 6.07) is 10.8. The van der Waals surface area contributed by atoms with Crippen LogP contribution in [0.5, 0.6) is 0 Å². The summed E-state index contributed by atoms with van der Waals surface area (Å²) in [5.74, 6) is -0.846. The van der Waals surface area contributed by atoms with Gasteiger partial charge in [0.05, 0.1) is 18.1 Å². The molecule has 2 unspecified atom stereocenters. The van der Waals surface area contributed by atoms with Crippen LogP contribution < -0.4 is 0 Å². The molecule has 1 aromatic rings. The summed E-state index contributed by atoms with van der Waals surface area (Å²) in [4.78, 5) is 10.8. The Balaban J connectivity index is 2.38. The molecule has 0 amide bonds. The zero-order valence-corrected chi connectivity index (χ0v) is 8.98. The minimum Gasteiger partial charge on any atom is -0.303 e. The van der Waals surface area contributed by atoms with E-state index in [0.29, 0.717) is 11.3 Å². The second-order valence-electron chi connectivity index (χ2n) is 3.78. The van der Waals surface area contributed by atoms with Gasteiger partial charge in [-0.2, -0.15) is 10.5 Å². The van der Waals surface area contributed by atoms with Gasteiger partial charge in [-0.05, 0) is 17.7 Å². The second-order valence-corrected chi connectivity index (χ2v) is 4.22. The Morgan fingerprint density at radius 3 is 2.19 bits per heavy atom. The van der Waals surface area contributed by atoms with Crippen LogP contribution in [0.3, 0.4) is 0 Å². The van der Waals surface area contributed by atoms with E-state index in [0.717, 1.165) is 5.56 Å². The van der Waals surface area contributed by atoms with E-state index >= 15 is 0 Å². The lowest BCUT2D eigenvalue weighted by Crippen LogP contribution is -1.97. The Morgan fingerprint density at radius 1 is 1.25 bits per heavy atom. The molecule has 1 aliphatic rings. The Labute approximate surface area is 97.9 Å². The van der Waals surface area contributed by atoms with Gasteiger partial charge in [0.1, 0.15) is 6.29 Å². The summed E-state index contributed by atoms with van der Waals surface area (Å²) in [6.07, 6.45) is 0.686. The minimum atomic E-state index is -1.18. The standard InChI is InChI=1S/C12H7ClN2O/c13-9-3-1-8(2-4-9)11-10(5-16)12(11,6-14)7-15/h1-5,10-11H. The van der Waals surface area contributed by atoms with Crippen molar-refractivity contribution in [1.82, 2.24) is 0 Å². The van der Waals surface area contributed by atoms with E-state index in [1.807, 2.05) is 12.1 Å². The molecule has 1 fully saturated rings. The maximum Gasteiger partial charge on any atom is 0.161 e. The molecule has 1 aliphatic carbocycles. The number of benzene rings is 1. The van der Waals surface area contributed by atoms with Gasteiger partial charge in [-0.15, -0.1) is 0 Å². The first kappa shape index (κ1) is 10.7. The third-order valence-corrected chi connectivity index (χ3v) is 3.26. The van der Waals surface area contributed by atoms with Crippen molar-refractivity contribution < 1.29 is 4.79 Å². The molecule has 0 N–H and O–H groups in total. The van der Waals surface area contributed by atoms with Crippen molar-refractivity contribution in [2.45, 2.75) is 5.92 Å². The van der Waals surface area contributed by atoms with E-state index in [-0.39, 0.29) is 5.92 Å². The average molecular weight is 231 g/mol. The van der Waals surface area contributed by atoms with Gasteiger partial charge in [0.15, 0.2) is 5.41 Å². The predicted octanol–water partition coefficient (Wildman–Crippen LogP) is 2.29. The lowest BCUT2D eigenvalue weighted by molar-refractivity contribution is -0.109. The highest BCUT2D eigenvalue weighted by Crippen LogP contribution is 2.63. The zero-order chi connectivity index (χ0) is 11.8. The highest BCUT2D eigenvalue weighted by Gasteiger charge is 2.67. The Hall–Kier alpha value is -1.84. The highest BCUT2D eigenvalue weighted by atomic mass is 35.5. The smallest absolute Gasteiger partial charge is 0.161 e. The fraction of sp³-hybridized carbons (Fsp3) is 0.250. The Bertz CT molecular complexity index is 495. The fourth-order valence-electron chi connectivity index (χ4n) is 2.05. The van der Waals surface area contributed by atoms with Crippen LogP contribution in [0.1, 0.15) is 11.5 Å². The second kappa shape index (κ2) is 3.63. The van der Waals surface area contributed by atoms with Crippen LogP contribution in [-0.2, 0) is 4.79 Å². The van der Waals surface area contributed by atoms with E-state index in [1.54, 1.807) is 24.3 Å². The molecule has 0 saturated heterocycles. The number of rotatable bonds is 2. The Morgan fingerprint density at radius 2 is 1.81 bits per heavy atom. The number of aldehydes is 1. The van der Waals surface area contributed by atoms with Gasteiger partial charge in [-0.25, -0.2) is 0 Å². The molecule has 2 atom stereocenters. The van der Waals surface area contributed by atoms with E-state index in [9.17, 15) is 4.79 Å². The van der Waals surface area contributed by atoms with Gasteiger partial charge < -0.3 is 4.79 Å². The summed E-state index contributed by atoms with van der Waals surface area (Å²) in [6.45, 7) is 0. The Kier molecular flexibility index (Phi) is 2.42. The fourth-order valence-corrected chi connectivity index (χ4v) is 2.18. The van der Waals surface area contributed by atoms with Crippen molar-refractivity contribution in [3.05, 3.63) is 34.9 Å². The van der Waals surface area contributed by atoms with Crippen molar-refractivity contribution in [3.63, 3.8) is 0 Å². The first-order valence-corrected chi connectivity index (χ1v) is 5.10. The molecular weight excluding hydrogens is 224 g/mol. The van der Waals surface area contributed by atoms with Gasteiger partial charge in [0.2, 0.25) is 0 Å². The van der Waals surface area contributed by atoms with Crippen LogP contribution in [0, 0.1) is 34.0 Å². The zero-order valence-electron chi connectivity index (χ0n) is 8.22. The van der Waals surface area contributed by atoms with Gasteiger partial charge in [0.25, 0.3) is 0 Å². The quantitative estimate of drug-likeness (QED) is 0.732. The van der Waals surface area contributed by atoms with Crippen LogP contribution in [-0.4, -0.2) is 6.29 Å². The van der Waals surface area contributed by atoms with Gasteiger partial charge in [-0.3, -0.25) is 0 Å². The molecule has 3 nitrogen and oxygen atoms in total. The molecule has 78 valence electrons. The summed E-state index contributed by atoms with van der Waals surface area (Å²) in [7, 11) is 0. The van der Waals surface area contributed by atoms with E-state index in [4.69, 9.17) is 22.1 Å².